The molecule has 0 spiro atoms. The highest BCUT2D eigenvalue weighted by molar-refractivity contribution is 6.00. The van der Waals surface area contributed by atoms with Crippen LogP contribution < -0.4 is 0 Å². The lowest BCUT2D eigenvalue weighted by atomic mass is 9.82. The van der Waals surface area contributed by atoms with E-state index in [0.29, 0.717) is 6.42 Å². The molecule has 2 nitrogen and oxygen atoms in total. The molecule has 0 heterocycles. The van der Waals surface area contributed by atoms with Gasteiger partial charge >= 0.3 is 0 Å². The highest BCUT2D eigenvalue weighted by Gasteiger charge is 2.26. The Morgan fingerprint density at radius 3 is 2.23 bits per heavy atom. The van der Waals surface area contributed by atoms with Crippen LogP contribution in [-0.2, 0) is 9.59 Å². The normalized spacial score (nSPS) is 12.0. The van der Waals surface area contributed by atoms with Crippen LogP contribution in [0.15, 0.2) is 12.2 Å². The molecule has 13 heavy (non-hydrogen) atoms. The van der Waals surface area contributed by atoms with Crippen LogP contribution in [-0.4, -0.2) is 11.6 Å². The zero-order chi connectivity index (χ0) is 10.5. The average molecular weight is 182 g/mol. The standard InChI is InChI=1S/C11H18O2/c1-5-6-7-11(3,4)10(13)8-9(2)12/h5-6H,7-8H2,1-4H3. The molecule has 0 aliphatic carbocycles. The van der Waals surface area contributed by atoms with E-state index in [0.717, 1.165) is 0 Å². The van der Waals surface area contributed by atoms with Crippen LogP contribution in [0.5, 0.6) is 0 Å². The molecule has 0 saturated carbocycles. The second-order valence-electron chi connectivity index (χ2n) is 3.96. The SMILES string of the molecule is CC=CCC(C)(C)C(=O)CC(C)=O. The number of carbonyl (C=O) groups is 2. The highest BCUT2D eigenvalue weighted by Crippen LogP contribution is 2.23. The van der Waals surface area contributed by atoms with E-state index in [1.54, 1.807) is 0 Å². The first-order valence-electron chi connectivity index (χ1n) is 4.54. The third kappa shape index (κ3) is 4.61. The van der Waals surface area contributed by atoms with Gasteiger partial charge in [0.2, 0.25) is 0 Å². The Balaban J connectivity index is 4.26. The van der Waals surface area contributed by atoms with E-state index in [1.807, 2.05) is 32.9 Å². The minimum absolute atomic E-state index is 0.0260. The molecule has 0 unspecified atom stereocenters. The fourth-order valence-electron chi connectivity index (χ4n) is 0.992. The minimum Gasteiger partial charge on any atom is -0.300 e. The molecule has 0 aromatic carbocycles. The zero-order valence-electron chi connectivity index (χ0n) is 8.89. The quantitative estimate of drug-likeness (QED) is 0.483. The molecule has 0 fully saturated rings. The van der Waals surface area contributed by atoms with E-state index in [1.165, 1.54) is 6.92 Å². The molecular formula is C11H18O2. The molecule has 0 atom stereocenters. The molecule has 74 valence electrons. The van der Waals surface area contributed by atoms with Crippen molar-refractivity contribution in [2.75, 3.05) is 0 Å². The van der Waals surface area contributed by atoms with Crippen molar-refractivity contribution in [2.45, 2.75) is 40.5 Å². The van der Waals surface area contributed by atoms with Gasteiger partial charge in [-0.2, -0.15) is 0 Å². The van der Waals surface area contributed by atoms with Crippen LogP contribution in [0.25, 0.3) is 0 Å². The van der Waals surface area contributed by atoms with Crippen molar-refractivity contribution >= 4 is 11.6 Å². The van der Waals surface area contributed by atoms with Crippen molar-refractivity contribution < 1.29 is 9.59 Å². The zero-order valence-corrected chi connectivity index (χ0v) is 8.89. The van der Waals surface area contributed by atoms with E-state index >= 15 is 0 Å². The van der Waals surface area contributed by atoms with Crippen molar-refractivity contribution in [2.24, 2.45) is 5.41 Å². The monoisotopic (exact) mass is 182 g/mol. The number of ketones is 2. The lowest BCUT2D eigenvalue weighted by Crippen LogP contribution is -2.25. The lowest BCUT2D eigenvalue weighted by Gasteiger charge is -2.20. The summed E-state index contributed by atoms with van der Waals surface area (Å²) in [6, 6.07) is 0. The third-order valence-corrected chi connectivity index (χ3v) is 2.03. The summed E-state index contributed by atoms with van der Waals surface area (Å²) in [7, 11) is 0. The van der Waals surface area contributed by atoms with Gasteiger partial charge in [-0.25, -0.2) is 0 Å². The predicted octanol–water partition coefficient (Wildman–Crippen LogP) is 2.53. The van der Waals surface area contributed by atoms with Gasteiger partial charge in [0.05, 0.1) is 6.42 Å². The lowest BCUT2D eigenvalue weighted by molar-refractivity contribution is -0.131. The first-order chi connectivity index (χ1) is 5.90. The Kier molecular flexibility index (Phi) is 4.60. The Bertz CT molecular complexity index is 224. The number of carbonyl (C=O) groups excluding carboxylic acids is 2. The smallest absolute Gasteiger partial charge is 0.146 e. The molecular weight excluding hydrogens is 164 g/mol. The van der Waals surface area contributed by atoms with Crippen molar-refractivity contribution in [1.29, 1.82) is 0 Å². The average Bonchev–Trinajstić information content (AvgIpc) is 1.99. The van der Waals surface area contributed by atoms with Crippen LogP contribution in [0, 0.1) is 5.41 Å². The van der Waals surface area contributed by atoms with Gasteiger partial charge in [-0.15, -0.1) is 0 Å². The second kappa shape index (κ2) is 4.95. The molecule has 0 N–H and O–H groups in total. The largest absolute Gasteiger partial charge is 0.300 e. The van der Waals surface area contributed by atoms with Crippen molar-refractivity contribution in [1.82, 2.24) is 0 Å². The molecule has 0 aromatic heterocycles. The number of allylic oxidation sites excluding steroid dienone is 2. The van der Waals surface area contributed by atoms with Crippen molar-refractivity contribution in [3.8, 4) is 0 Å². The Hall–Kier alpha value is -0.920. The van der Waals surface area contributed by atoms with Gasteiger partial charge in [0.25, 0.3) is 0 Å². The van der Waals surface area contributed by atoms with E-state index < -0.39 is 5.41 Å². The fraction of sp³-hybridized carbons (Fsp3) is 0.636. The Morgan fingerprint density at radius 2 is 1.85 bits per heavy atom. The number of Topliss-reactive ketones (excluding diaryl/α,β-unsaturated/α-hetero) is 2. The van der Waals surface area contributed by atoms with Crippen LogP contribution in [0.3, 0.4) is 0 Å². The van der Waals surface area contributed by atoms with Gasteiger partial charge in [0, 0.05) is 5.41 Å². The van der Waals surface area contributed by atoms with Crippen molar-refractivity contribution in [3.05, 3.63) is 12.2 Å². The fourth-order valence-corrected chi connectivity index (χ4v) is 0.992. The van der Waals surface area contributed by atoms with Gasteiger partial charge in [0.15, 0.2) is 0 Å². The third-order valence-electron chi connectivity index (χ3n) is 2.03. The van der Waals surface area contributed by atoms with Crippen molar-refractivity contribution in [3.63, 3.8) is 0 Å². The summed E-state index contributed by atoms with van der Waals surface area (Å²) in [5.74, 6) is -0.0309. The molecule has 0 radical (unpaired) electrons. The van der Waals surface area contributed by atoms with E-state index in [-0.39, 0.29) is 18.0 Å². The number of rotatable bonds is 5. The summed E-state index contributed by atoms with van der Waals surface area (Å²) in [5, 5.41) is 0. The summed E-state index contributed by atoms with van der Waals surface area (Å²) in [6.07, 6.45) is 4.64. The summed E-state index contributed by atoms with van der Waals surface area (Å²) < 4.78 is 0. The highest BCUT2D eigenvalue weighted by atomic mass is 16.1. The van der Waals surface area contributed by atoms with Gasteiger partial charge in [-0.3, -0.25) is 9.59 Å². The predicted molar refractivity (Wildman–Crippen MR) is 53.5 cm³/mol. The molecule has 0 aliphatic heterocycles. The molecule has 0 amide bonds. The number of hydrogen-bond acceptors (Lipinski definition) is 2. The molecule has 0 aromatic rings. The first kappa shape index (κ1) is 12.1. The van der Waals surface area contributed by atoms with Crippen LogP contribution in [0.1, 0.15) is 40.5 Å². The minimum atomic E-state index is -0.405. The molecule has 0 bridgehead atoms. The van der Waals surface area contributed by atoms with Gasteiger partial charge in [-0.1, -0.05) is 26.0 Å². The topological polar surface area (TPSA) is 34.1 Å². The van der Waals surface area contributed by atoms with Gasteiger partial charge < -0.3 is 0 Å². The second-order valence-corrected chi connectivity index (χ2v) is 3.96. The van der Waals surface area contributed by atoms with E-state index in [2.05, 4.69) is 0 Å². The first-order valence-corrected chi connectivity index (χ1v) is 4.54. The summed E-state index contributed by atoms with van der Waals surface area (Å²) in [5.41, 5.74) is -0.405. The summed E-state index contributed by atoms with van der Waals surface area (Å²) in [6.45, 7) is 7.12. The maximum absolute atomic E-state index is 11.5. The van der Waals surface area contributed by atoms with E-state index in [4.69, 9.17) is 0 Å². The van der Waals surface area contributed by atoms with E-state index in [9.17, 15) is 9.59 Å². The molecule has 2 heteroatoms. The Morgan fingerprint density at radius 1 is 1.31 bits per heavy atom. The van der Waals surface area contributed by atoms with Gasteiger partial charge in [0.1, 0.15) is 11.6 Å². The summed E-state index contributed by atoms with van der Waals surface area (Å²) in [4.78, 5) is 22.3. The molecule has 0 aliphatic rings. The van der Waals surface area contributed by atoms with Crippen LogP contribution >= 0.6 is 0 Å². The van der Waals surface area contributed by atoms with Gasteiger partial charge in [-0.05, 0) is 20.3 Å². The molecule has 0 rings (SSSR count). The molecule has 0 saturated heterocycles. The summed E-state index contributed by atoms with van der Waals surface area (Å²) >= 11 is 0. The maximum atomic E-state index is 11.5. The number of hydrogen-bond donors (Lipinski definition) is 0. The maximum Gasteiger partial charge on any atom is 0.146 e. The van der Waals surface area contributed by atoms with Crippen LogP contribution in [0.2, 0.25) is 0 Å². The van der Waals surface area contributed by atoms with Crippen LogP contribution in [0.4, 0.5) is 0 Å². The Labute approximate surface area is 80.0 Å².